The molecule has 0 aromatic heterocycles. The van der Waals surface area contributed by atoms with E-state index in [4.69, 9.17) is 4.74 Å². The van der Waals surface area contributed by atoms with Gasteiger partial charge in [-0.25, -0.2) is 4.79 Å². The maximum Gasteiger partial charge on any atom is 0.333 e. The van der Waals surface area contributed by atoms with Gasteiger partial charge in [0, 0.05) is 11.6 Å². The summed E-state index contributed by atoms with van der Waals surface area (Å²) < 4.78 is 9.94. The summed E-state index contributed by atoms with van der Waals surface area (Å²) in [6, 6.07) is 4.61. The average molecular weight is 265 g/mol. The van der Waals surface area contributed by atoms with Crippen molar-refractivity contribution in [1.29, 1.82) is 0 Å². The minimum absolute atomic E-state index is 0.00571. The summed E-state index contributed by atoms with van der Waals surface area (Å²) >= 11 is 0. The highest BCUT2D eigenvalue weighted by Gasteiger charge is 2.13. The van der Waals surface area contributed by atoms with Crippen LogP contribution in [-0.2, 0) is 9.53 Å². The summed E-state index contributed by atoms with van der Waals surface area (Å²) in [5.74, 6) is -0.0116. The van der Waals surface area contributed by atoms with E-state index in [0.29, 0.717) is 16.9 Å². The molecule has 6 heteroatoms. The van der Waals surface area contributed by atoms with Crippen LogP contribution in [0.1, 0.15) is 12.5 Å². The van der Waals surface area contributed by atoms with Crippen LogP contribution < -0.4 is 4.74 Å². The Kier molecular flexibility index (Phi) is 5.05. The molecule has 0 radical (unpaired) electrons. The fourth-order valence-electron chi connectivity index (χ4n) is 1.46. The van der Waals surface area contributed by atoms with Gasteiger partial charge in [0.25, 0.3) is 5.69 Å². The van der Waals surface area contributed by atoms with Crippen molar-refractivity contribution in [3.63, 3.8) is 0 Å². The standard InChI is InChI=1S/C13H15NO5/c1-9(13(15)18-3)7-8-19-12-6-4-5-11(10(12)2)14(16)17/h4-7H,8H2,1-3H3. The number of rotatable bonds is 5. The van der Waals surface area contributed by atoms with Crippen LogP contribution >= 0.6 is 0 Å². The third kappa shape index (κ3) is 3.80. The quantitative estimate of drug-likeness (QED) is 0.353. The first kappa shape index (κ1) is 14.7. The van der Waals surface area contributed by atoms with Crippen LogP contribution in [0.5, 0.6) is 5.75 Å². The number of nitro benzene ring substituents is 1. The molecule has 0 amide bonds. The maximum atomic E-state index is 11.1. The van der Waals surface area contributed by atoms with Crippen molar-refractivity contribution in [2.24, 2.45) is 0 Å². The number of esters is 1. The van der Waals surface area contributed by atoms with Crippen molar-refractivity contribution >= 4 is 11.7 Å². The highest BCUT2D eigenvalue weighted by atomic mass is 16.6. The minimum Gasteiger partial charge on any atom is -0.489 e. The number of carbonyl (C=O) groups excluding carboxylic acids is 1. The first-order chi connectivity index (χ1) is 8.97. The van der Waals surface area contributed by atoms with E-state index in [-0.39, 0.29) is 12.3 Å². The zero-order valence-electron chi connectivity index (χ0n) is 11.0. The van der Waals surface area contributed by atoms with Crippen molar-refractivity contribution in [2.45, 2.75) is 13.8 Å². The highest BCUT2D eigenvalue weighted by Crippen LogP contribution is 2.26. The third-order valence-electron chi connectivity index (χ3n) is 2.59. The molecule has 1 aromatic carbocycles. The molecule has 0 fully saturated rings. The SMILES string of the molecule is COC(=O)C(C)=CCOc1cccc([N+](=O)[O-])c1C. The maximum absolute atomic E-state index is 11.1. The van der Waals surface area contributed by atoms with Gasteiger partial charge in [-0.15, -0.1) is 0 Å². The summed E-state index contributed by atoms with van der Waals surface area (Å²) in [7, 11) is 1.30. The molecule has 0 heterocycles. The first-order valence-electron chi connectivity index (χ1n) is 5.59. The molecule has 0 aliphatic carbocycles. The molecule has 1 aromatic rings. The summed E-state index contributed by atoms with van der Waals surface area (Å²) in [6.45, 7) is 3.36. The lowest BCUT2D eigenvalue weighted by Gasteiger charge is -2.07. The van der Waals surface area contributed by atoms with Gasteiger partial charge in [0.2, 0.25) is 0 Å². The van der Waals surface area contributed by atoms with Gasteiger partial charge >= 0.3 is 5.97 Å². The Labute approximate surface area is 110 Å². The van der Waals surface area contributed by atoms with E-state index < -0.39 is 10.9 Å². The highest BCUT2D eigenvalue weighted by molar-refractivity contribution is 5.87. The van der Waals surface area contributed by atoms with Crippen molar-refractivity contribution in [1.82, 2.24) is 0 Å². The number of nitrogens with zero attached hydrogens (tertiary/aromatic N) is 1. The van der Waals surface area contributed by atoms with Crippen LogP contribution in [0.25, 0.3) is 0 Å². The van der Waals surface area contributed by atoms with Crippen molar-refractivity contribution in [2.75, 3.05) is 13.7 Å². The topological polar surface area (TPSA) is 78.7 Å². The lowest BCUT2D eigenvalue weighted by Crippen LogP contribution is -2.04. The summed E-state index contributed by atoms with van der Waals surface area (Å²) in [5.41, 5.74) is 0.883. The summed E-state index contributed by atoms with van der Waals surface area (Å²) in [5, 5.41) is 10.8. The fraction of sp³-hybridized carbons (Fsp3) is 0.308. The fourth-order valence-corrected chi connectivity index (χ4v) is 1.46. The van der Waals surface area contributed by atoms with E-state index in [2.05, 4.69) is 4.74 Å². The zero-order valence-corrected chi connectivity index (χ0v) is 11.0. The van der Waals surface area contributed by atoms with E-state index in [1.807, 2.05) is 0 Å². The first-order valence-corrected chi connectivity index (χ1v) is 5.59. The van der Waals surface area contributed by atoms with Gasteiger partial charge < -0.3 is 9.47 Å². The lowest BCUT2D eigenvalue weighted by atomic mass is 10.2. The molecular weight excluding hydrogens is 250 g/mol. The molecule has 19 heavy (non-hydrogen) atoms. The molecule has 0 bridgehead atoms. The predicted molar refractivity (Wildman–Crippen MR) is 69.1 cm³/mol. The van der Waals surface area contributed by atoms with Gasteiger partial charge in [-0.05, 0) is 26.0 Å². The molecular formula is C13H15NO5. The second-order valence-electron chi connectivity index (χ2n) is 3.85. The number of ether oxygens (including phenoxy) is 2. The number of nitro groups is 1. The van der Waals surface area contributed by atoms with Gasteiger partial charge in [0.05, 0.1) is 17.6 Å². The Balaban J connectivity index is 2.77. The molecule has 1 rings (SSSR count). The van der Waals surface area contributed by atoms with E-state index in [1.165, 1.54) is 13.2 Å². The normalized spacial score (nSPS) is 11.0. The monoisotopic (exact) mass is 265 g/mol. The molecule has 0 atom stereocenters. The lowest BCUT2D eigenvalue weighted by molar-refractivity contribution is -0.385. The van der Waals surface area contributed by atoms with Gasteiger partial charge in [-0.1, -0.05) is 6.07 Å². The van der Waals surface area contributed by atoms with Gasteiger partial charge in [-0.2, -0.15) is 0 Å². The number of carbonyl (C=O) groups is 1. The molecule has 6 nitrogen and oxygen atoms in total. The van der Waals surface area contributed by atoms with E-state index in [9.17, 15) is 14.9 Å². The molecule has 102 valence electrons. The molecule has 0 aliphatic heterocycles. The number of hydrogen-bond acceptors (Lipinski definition) is 5. The Morgan fingerprint density at radius 2 is 2.16 bits per heavy atom. The smallest absolute Gasteiger partial charge is 0.333 e. The molecule has 0 spiro atoms. The van der Waals surface area contributed by atoms with Crippen LogP contribution in [0, 0.1) is 17.0 Å². The van der Waals surface area contributed by atoms with Crippen molar-refractivity contribution in [3.05, 3.63) is 45.5 Å². The van der Waals surface area contributed by atoms with Gasteiger partial charge in [-0.3, -0.25) is 10.1 Å². The molecule has 0 saturated carbocycles. The van der Waals surface area contributed by atoms with Crippen LogP contribution in [0.15, 0.2) is 29.8 Å². The predicted octanol–water partition coefficient (Wildman–Crippen LogP) is 2.40. The Morgan fingerprint density at radius 1 is 1.47 bits per heavy atom. The molecule has 0 unspecified atom stereocenters. The van der Waals surface area contributed by atoms with Crippen LogP contribution in [0.2, 0.25) is 0 Å². The summed E-state index contributed by atoms with van der Waals surface area (Å²) in [6.07, 6.45) is 1.56. The van der Waals surface area contributed by atoms with Gasteiger partial charge in [0.15, 0.2) is 0 Å². The third-order valence-corrected chi connectivity index (χ3v) is 2.59. The second-order valence-corrected chi connectivity index (χ2v) is 3.85. The number of hydrogen-bond donors (Lipinski definition) is 0. The number of methoxy groups -OCH3 is 1. The largest absolute Gasteiger partial charge is 0.489 e. The number of benzene rings is 1. The Morgan fingerprint density at radius 3 is 2.74 bits per heavy atom. The molecule has 0 aliphatic rings. The van der Waals surface area contributed by atoms with Crippen molar-refractivity contribution in [3.8, 4) is 5.75 Å². The molecule has 0 N–H and O–H groups in total. The van der Waals surface area contributed by atoms with E-state index >= 15 is 0 Å². The Bertz CT molecular complexity index is 522. The van der Waals surface area contributed by atoms with Crippen molar-refractivity contribution < 1.29 is 19.2 Å². The average Bonchev–Trinajstić information content (AvgIpc) is 2.39. The zero-order chi connectivity index (χ0) is 14.4. The van der Waals surface area contributed by atoms with Crippen LogP contribution in [0.3, 0.4) is 0 Å². The van der Waals surface area contributed by atoms with Crippen LogP contribution in [0.4, 0.5) is 5.69 Å². The van der Waals surface area contributed by atoms with E-state index in [1.54, 1.807) is 32.1 Å². The van der Waals surface area contributed by atoms with Crippen LogP contribution in [-0.4, -0.2) is 24.6 Å². The minimum atomic E-state index is -0.461. The Hall–Kier alpha value is -2.37. The summed E-state index contributed by atoms with van der Waals surface area (Å²) in [4.78, 5) is 21.4. The molecule has 0 saturated heterocycles. The van der Waals surface area contributed by atoms with E-state index in [0.717, 1.165) is 0 Å². The second kappa shape index (κ2) is 6.53. The van der Waals surface area contributed by atoms with Gasteiger partial charge in [0.1, 0.15) is 12.4 Å².